The monoisotopic (exact) mass is 268 g/mol. The van der Waals surface area contributed by atoms with Gasteiger partial charge in [0.2, 0.25) is 0 Å². The van der Waals surface area contributed by atoms with Gasteiger partial charge in [-0.1, -0.05) is 25.1 Å². The van der Waals surface area contributed by atoms with Gasteiger partial charge < -0.3 is 10.2 Å². The molecule has 104 valence electrons. The number of hydrogen-bond acceptors (Lipinski definition) is 4. The van der Waals surface area contributed by atoms with E-state index < -0.39 is 0 Å². The fourth-order valence-electron chi connectivity index (χ4n) is 2.80. The van der Waals surface area contributed by atoms with Gasteiger partial charge in [-0.2, -0.15) is 0 Å². The summed E-state index contributed by atoms with van der Waals surface area (Å²) in [5.41, 5.74) is 3.63. The van der Waals surface area contributed by atoms with E-state index in [2.05, 4.69) is 46.4 Å². The minimum Gasteiger partial charge on any atom is -0.325 e. The van der Waals surface area contributed by atoms with Gasteiger partial charge in [-0.25, -0.2) is 4.98 Å². The predicted octanol–water partition coefficient (Wildman–Crippen LogP) is 2.53. The molecule has 0 aliphatic carbocycles. The van der Waals surface area contributed by atoms with E-state index >= 15 is 0 Å². The summed E-state index contributed by atoms with van der Waals surface area (Å²) in [6.45, 7) is 4.02. The molecule has 3 rings (SSSR count). The topological polar surface area (TPSA) is 41.1 Å². The normalized spacial score (nSPS) is 17.9. The number of para-hydroxylation sites is 1. The van der Waals surface area contributed by atoms with Crippen molar-refractivity contribution in [3.63, 3.8) is 0 Å². The number of benzene rings is 1. The first-order chi connectivity index (χ1) is 9.78. The zero-order chi connectivity index (χ0) is 13.9. The quantitative estimate of drug-likeness (QED) is 0.928. The Morgan fingerprint density at radius 1 is 1.30 bits per heavy atom. The van der Waals surface area contributed by atoms with Crippen molar-refractivity contribution in [3.05, 3.63) is 47.9 Å². The lowest BCUT2D eigenvalue weighted by Gasteiger charge is -2.33. The largest absolute Gasteiger partial charge is 0.325 e. The maximum atomic E-state index is 4.72. The number of anilines is 2. The molecule has 1 aliphatic heterocycles. The van der Waals surface area contributed by atoms with Crippen LogP contribution in [0.5, 0.6) is 0 Å². The first-order valence-corrected chi connectivity index (χ1v) is 7.09. The zero-order valence-electron chi connectivity index (χ0n) is 12.0. The van der Waals surface area contributed by atoms with Crippen LogP contribution in [0.15, 0.2) is 36.7 Å². The Kier molecular flexibility index (Phi) is 3.65. The second-order valence-electron chi connectivity index (χ2n) is 5.45. The molecule has 1 aromatic carbocycles. The van der Waals surface area contributed by atoms with Crippen molar-refractivity contribution in [2.75, 3.05) is 18.5 Å². The molecule has 2 aromatic rings. The van der Waals surface area contributed by atoms with Gasteiger partial charge in [0.25, 0.3) is 0 Å². The molecule has 0 saturated heterocycles. The summed E-state index contributed by atoms with van der Waals surface area (Å²) in [6.07, 6.45) is 4.81. The van der Waals surface area contributed by atoms with Crippen molar-refractivity contribution in [1.82, 2.24) is 15.3 Å². The third-order valence-corrected chi connectivity index (χ3v) is 3.65. The molecule has 0 fully saturated rings. The van der Waals surface area contributed by atoms with E-state index in [1.54, 1.807) is 0 Å². The zero-order valence-corrected chi connectivity index (χ0v) is 12.0. The highest BCUT2D eigenvalue weighted by atomic mass is 15.2. The number of hydrogen-bond donors (Lipinski definition) is 1. The second kappa shape index (κ2) is 5.59. The standard InChI is InChI=1S/C16H20N4/c1-12-7-13-5-3-4-6-15(13)20(11-12)16-10-18-9-14(19-16)8-17-2/h3-6,9-10,12,17H,7-8,11H2,1-2H3. The molecular weight excluding hydrogens is 248 g/mol. The summed E-state index contributed by atoms with van der Waals surface area (Å²) in [6, 6.07) is 8.58. The van der Waals surface area contributed by atoms with Crippen LogP contribution < -0.4 is 10.2 Å². The van der Waals surface area contributed by atoms with Crippen molar-refractivity contribution in [3.8, 4) is 0 Å². The molecule has 1 atom stereocenters. The summed E-state index contributed by atoms with van der Waals surface area (Å²) < 4.78 is 0. The van der Waals surface area contributed by atoms with Gasteiger partial charge in [0.05, 0.1) is 11.9 Å². The molecule has 0 bridgehead atoms. The molecule has 0 radical (unpaired) electrons. The minimum atomic E-state index is 0.625. The Morgan fingerprint density at radius 2 is 2.15 bits per heavy atom. The van der Waals surface area contributed by atoms with Crippen molar-refractivity contribution >= 4 is 11.5 Å². The van der Waals surface area contributed by atoms with Crippen LogP contribution in [0.3, 0.4) is 0 Å². The summed E-state index contributed by atoms with van der Waals surface area (Å²) in [7, 11) is 1.92. The number of aromatic nitrogens is 2. The molecule has 1 unspecified atom stereocenters. The predicted molar refractivity (Wildman–Crippen MR) is 81.1 cm³/mol. The van der Waals surface area contributed by atoms with Gasteiger partial charge in [-0.15, -0.1) is 0 Å². The van der Waals surface area contributed by atoms with Crippen molar-refractivity contribution in [1.29, 1.82) is 0 Å². The first kappa shape index (κ1) is 13.1. The highest BCUT2D eigenvalue weighted by molar-refractivity contribution is 5.65. The number of fused-ring (bicyclic) bond motifs is 1. The highest BCUT2D eigenvalue weighted by Gasteiger charge is 2.23. The van der Waals surface area contributed by atoms with Gasteiger partial charge in [0, 0.05) is 25.0 Å². The molecule has 1 aliphatic rings. The molecule has 0 spiro atoms. The Balaban J connectivity index is 1.99. The van der Waals surface area contributed by atoms with E-state index in [-0.39, 0.29) is 0 Å². The maximum absolute atomic E-state index is 4.72. The highest BCUT2D eigenvalue weighted by Crippen LogP contribution is 2.33. The number of nitrogens with one attached hydrogen (secondary N) is 1. The van der Waals surface area contributed by atoms with Crippen LogP contribution in [-0.4, -0.2) is 23.6 Å². The third-order valence-electron chi connectivity index (χ3n) is 3.65. The third kappa shape index (κ3) is 2.51. The molecule has 2 heterocycles. The maximum Gasteiger partial charge on any atom is 0.151 e. The summed E-state index contributed by atoms with van der Waals surface area (Å²) in [5, 5.41) is 3.12. The average Bonchev–Trinajstić information content (AvgIpc) is 2.47. The molecule has 20 heavy (non-hydrogen) atoms. The van der Waals surface area contributed by atoms with Crippen LogP contribution in [0.4, 0.5) is 11.5 Å². The Bertz CT molecular complexity index is 597. The summed E-state index contributed by atoms with van der Waals surface area (Å²) in [5.74, 6) is 1.57. The van der Waals surface area contributed by atoms with Gasteiger partial charge in [-0.3, -0.25) is 4.98 Å². The van der Waals surface area contributed by atoms with E-state index in [4.69, 9.17) is 4.98 Å². The van der Waals surface area contributed by atoms with Crippen LogP contribution in [0, 0.1) is 5.92 Å². The van der Waals surface area contributed by atoms with E-state index in [1.165, 1.54) is 11.3 Å². The van der Waals surface area contributed by atoms with Crippen LogP contribution in [0.1, 0.15) is 18.2 Å². The van der Waals surface area contributed by atoms with Gasteiger partial charge in [-0.05, 0) is 31.0 Å². The lowest BCUT2D eigenvalue weighted by molar-refractivity contribution is 0.559. The fourth-order valence-corrected chi connectivity index (χ4v) is 2.80. The minimum absolute atomic E-state index is 0.625. The lowest BCUT2D eigenvalue weighted by Crippen LogP contribution is -2.31. The molecule has 1 aromatic heterocycles. The SMILES string of the molecule is CNCc1cncc(N2CC(C)Cc3ccccc32)n1. The molecule has 4 nitrogen and oxygen atoms in total. The van der Waals surface area contributed by atoms with E-state index in [0.29, 0.717) is 5.92 Å². The number of rotatable bonds is 3. The van der Waals surface area contributed by atoms with Crippen LogP contribution in [-0.2, 0) is 13.0 Å². The van der Waals surface area contributed by atoms with Crippen LogP contribution in [0.2, 0.25) is 0 Å². The van der Waals surface area contributed by atoms with E-state index in [1.807, 2.05) is 19.4 Å². The van der Waals surface area contributed by atoms with Gasteiger partial charge in [0.15, 0.2) is 5.82 Å². The molecule has 1 N–H and O–H groups in total. The van der Waals surface area contributed by atoms with Crippen molar-refractivity contribution < 1.29 is 0 Å². The number of nitrogens with zero attached hydrogens (tertiary/aromatic N) is 3. The average molecular weight is 268 g/mol. The second-order valence-corrected chi connectivity index (χ2v) is 5.45. The van der Waals surface area contributed by atoms with Crippen LogP contribution in [0.25, 0.3) is 0 Å². The Labute approximate surface area is 119 Å². The summed E-state index contributed by atoms with van der Waals surface area (Å²) in [4.78, 5) is 11.3. The molecule has 0 saturated carbocycles. The Hall–Kier alpha value is -1.94. The first-order valence-electron chi connectivity index (χ1n) is 7.09. The van der Waals surface area contributed by atoms with Gasteiger partial charge in [0.1, 0.15) is 0 Å². The van der Waals surface area contributed by atoms with Gasteiger partial charge >= 0.3 is 0 Å². The van der Waals surface area contributed by atoms with Crippen molar-refractivity contribution in [2.24, 2.45) is 5.92 Å². The van der Waals surface area contributed by atoms with Crippen LogP contribution >= 0.6 is 0 Å². The molecule has 4 heteroatoms. The fraction of sp³-hybridized carbons (Fsp3) is 0.375. The Morgan fingerprint density at radius 3 is 3.00 bits per heavy atom. The van der Waals surface area contributed by atoms with Crippen molar-refractivity contribution in [2.45, 2.75) is 19.9 Å². The smallest absolute Gasteiger partial charge is 0.151 e. The lowest BCUT2D eigenvalue weighted by atomic mass is 9.94. The molecular formula is C16H20N4. The summed E-state index contributed by atoms with van der Waals surface area (Å²) >= 11 is 0. The molecule has 0 amide bonds. The van der Waals surface area contributed by atoms with E-state index in [0.717, 1.165) is 31.0 Å². The van der Waals surface area contributed by atoms with E-state index in [9.17, 15) is 0 Å².